The van der Waals surface area contributed by atoms with Crippen LogP contribution >= 0.6 is 15.9 Å². The van der Waals surface area contributed by atoms with Crippen molar-refractivity contribution in [1.29, 1.82) is 0 Å². The molecule has 2 aromatic rings. The third kappa shape index (κ3) is 4.62. The first-order chi connectivity index (χ1) is 9.79. The second kappa shape index (κ2) is 8.02. The largest absolute Gasteiger partial charge is 0.314 e. The molecule has 4 heteroatoms. The second-order valence-corrected chi connectivity index (χ2v) is 5.48. The van der Waals surface area contributed by atoms with Gasteiger partial charge >= 0.3 is 0 Å². The summed E-state index contributed by atoms with van der Waals surface area (Å²) in [6, 6.07) is 15.7. The molecular weight excluding hydrogens is 316 g/mol. The van der Waals surface area contributed by atoms with Crippen molar-refractivity contribution < 1.29 is 0 Å². The van der Waals surface area contributed by atoms with Crippen molar-refractivity contribution in [3.8, 4) is 0 Å². The number of halogens is 1. The van der Waals surface area contributed by atoms with Crippen LogP contribution in [0.25, 0.3) is 0 Å². The molecule has 0 radical (unpaired) electrons. The van der Waals surface area contributed by atoms with E-state index in [1.165, 1.54) is 5.56 Å². The molecule has 0 atom stereocenters. The Kier molecular flexibility index (Phi) is 6.02. The number of alkyl halides is 1. The van der Waals surface area contributed by atoms with Gasteiger partial charge in [0.15, 0.2) is 0 Å². The van der Waals surface area contributed by atoms with Gasteiger partial charge in [-0.05, 0) is 11.6 Å². The fourth-order valence-corrected chi connectivity index (χ4v) is 2.63. The van der Waals surface area contributed by atoms with Crippen LogP contribution in [0, 0.1) is 0 Å². The summed E-state index contributed by atoms with van der Waals surface area (Å²) in [5, 5.41) is 0.934. The molecule has 0 aliphatic heterocycles. The Bertz CT molecular complexity index is 568. The SMILES string of the molecule is O=c1ccccn1CCN(CCBr)Cc1ccccc1. The van der Waals surface area contributed by atoms with Crippen LogP contribution in [0.2, 0.25) is 0 Å². The lowest BCUT2D eigenvalue weighted by Gasteiger charge is -2.21. The summed E-state index contributed by atoms with van der Waals surface area (Å²) < 4.78 is 1.76. The zero-order chi connectivity index (χ0) is 14.2. The fraction of sp³-hybridized carbons (Fsp3) is 0.312. The summed E-state index contributed by atoms with van der Waals surface area (Å²) in [7, 11) is 0. The number of hydrogen-bond acceptors (Lipinski definition) is 2. The van der Waals surface area contributed by atoms with Crippen LogP contribution in [0.15, 0.2) is 59.5 Å². The Morgan fingerprint density at radius 1 is 1.00 bits per heavy atom. The van der Waals surface area contributed by atoms with Gasteiger partial charge in [-0.3, -0.25) is 9.69 Å². The minimum Gasteiger partial charge on any atom is -0.314 e. The predicted molar refractivity (Wildman–Crippen MR) is 86.2 cm³/mol. The molecule has 1 aromatic carbocycles. The highest BCUT2D eigenvalue weighted by atomic mass is 79.9. The molecule has 0 fully saturated rings. The smallest absolute Gasteiger partial charge is 0.250 e. The van der Waals surface area contributed by atoms with Crippen molar-refractivity contribution in [3.05, 3.63) is 70.6 Å². The van der Waals surface area contributed by atoms with Gasteiger partial charge in [-0.1, -0.05) is 52.3 Å². The molecule has 0 aliphatic carbocycles. The van der Waals surface area contributed by atoms with E-state index in [1.54, 1.807) is 16.7 Å². The first kappa shape index (κ1) is 15.0. The molecule has 0 saturated carbocycles. The summed E-state index contributed by atoms with van der Waals surface area (Å²) in [6.07, 6.45) is 1.84. The standard InChI is InChI=1S/C16H19BrN2O/c17-9-11-18(14-15-6-2-1-3-7-15)12-13-19-10-5-4-8-16(19)20/h1-8,10H,9,11-14H2. The molecule has 1 heterocycles. The summed E-state index contributed by atoms with van der Waals surface area (Å²) in [5.74, 6) is 0. The van der Waals surface area contributed by atoms with E-state index in [2.05, 4.69) is 45.1 Å². The fourth-order valence-electron chi connectivity index (χ4n) is 2.13. The van der Waals surface area contributed by atoms with Crippen LogP contribution in [-0.4, -0.2) is 27.9 Å². The number of hydrogen-bond donors (Lipinski definition) is 0. The molecule has 0 saturated heterocycles. The molecule has 106 valence electrons. The molecule has 3 nitrogen and oxygen atoms in total. The van der Waals surface area contributed by atoms with Crippen molar-refractivity contribution >= 4 is 15.9 Å². The van der Waals surface area contributed by atoms with E-state index in [0.717, 1.165) is 31.5 Å². The Hall–Kier alpha value is -1.39. The number of nitrogens with zero attached hydrogens (tertiary/aromatic N) is 2. The van der Waals surface area contributed by atoms with Crippen LogP contribution < -0.4 is 5.56 Å². The highest BCUT2D eigenvalue weighted by Crippen LogP contribution is 2.05. The molecule has 20 heavy (non-hydrogen) atoms. The first-order valence-corrected chi connectivity index (χ1v) is 7.89. The van der Waals surface area contributed by atoms with Crippen LogP contribution in [-0.2, 0) is 13.1 Å². The number of pyridine rings is 1. The van der Waals surface area contributed by atoms with E-state index in [4.69, 9.17) is 0 Å². The van der Waals surface area contributed by atoms with Crippen molar-refractivity contribution in [1.82, 2.24) is 9.47 Å². The molecule has 0 spiro atoms. The van der Waals surface area contributed by atoms with Gasteiger partial charge in [-0.15, -0.1) is 0 Å². The first-order valence-electron chi connectivity index (χ1n) is 6.77. The molecule has 0 N–H and O–H groups in total. The Labute approximate surface area is 128 Å². The number of aromatic nitrogens is 1. The maximum absolute atomic E-state index is 11.7. The third-order valence-electron chi connectivity index (χ3n) is 3.21. The topological polar surface area (TPSA) is 25.2 Å². The van der Waals surface area contributed by atoms with Crippen molar-refractivity contribution in [2.24, 2.45) is 0 Å². The third-order valence-corrected chi connectivity index (χ3v) is 3.56. The van der Waals surface area contributed by atoms with Gasteiger partial charge in [-0.25, -0.2) is 0 Å². The summed E-state index contributed by atoms with van der Waals surface area (Å²) in [4.78, 5) is 14.0. The van der Waals surface area contributed by atoms with E-state index < -0.39 is 0 Å². The average molecular weight is 335 g/mol. The normalized spacial score (nSPS) is 10.9. The quantitative estimate of drug-likeness (QED) is 0.727. The van der Waals surface area contributed by atoms with E-state index >= 15 is 0 Å². The molecule has 0 amide bonds. The minimum atomic E-state index is 0.0611. The zero-order valence-corrected chi connectivity index (χ0v) is 13.0. The minimum absolute atomic E-state index is 0.0611. The monoisotopic (exact) mass is 334 g/mol. The van der Waals surface area contributed by atoms with Crippen molar-refractivity contribution in [2.45, 2.75) is 13.1 Å². The van der Waals surface area contributed by atoms with E-state index in [1.807, 2.05) is 18.3 Å². The van der Waals surface area contributed by atoms with Crippen molar-refractivity contribution in [3.63, 3.8) is 0 Å². The maximum Gasteiger partial charge on any atom is 0.250 e. The van der Waals surface area contributed by atoms with E-state index in [0.29, 0.717) is 0 Å². The van der Waals surface area contributed by atoms with Crippen molar-refractivity contribution in [2.75, 3.05) is 18.4 Å². The average Bonchev–Trinajstić information content (AvgIpc) is 2.47. The molecule has 0 aliphatic rings. The lowest BCUT2D eigenvalue weighted by atomic mass is 10.2. The van der Waals surface area contributed by atoms with Crippen LogP contribution in [0.4, 0.5) is 0 Å². The summed E-state index contributed by atoms with van der Waals surface area (Å²) in [6.45, 7) is 3.47. The number of benzene rings is 1. The Morgan fingerprint density at radius 3 is 2.45 bits per heavy atom. The van der Waals surface area contributed by atoms with Gasteiger partial charge in [0.1, 0.15) is 0 Å². The second-order valence-electron chi connectivity index (χ2n) is 4.68. The lowest BCUT2D eigenvalue weighted by molar-refractivity contribution is 0.269. The predicted octanol–water partition coefficient (Wildman–Crippen LogP) is 2.75. The molecular formula is C16H19BrN2O. The van der Waals surface area contributed by atoms with Crippen LogP contribution in [0.1, 0.15) is 5.56 Å². The Balaban J connectivity index is 1.96. The van der Waals surface area contributed by atoms with Gasteiger partial charge in [0.05, 0.1) is 0 Å². The lowest BCUT2D eigenvalue weighted by Crippen LogP contribution is -2.31. The van der Waals surface area contributed by atoms with Gasteiger partial charge in [0.2, 0.25) is 0 Å². The van der Waals surface area contributed by atoms with Gasteiger partial charge in [-0.2, -0.15) is 0 Å². The van der Waals surface area contributed by atoms with Crippen LogP contribution in [0.3, 0.4) is 0 Å². The van der Waals surface area contributed by atoms with Gasteiger partial charge in [0, 0.05) is 43.8 Å². The molecule has 0 bridgehead atoms. The molecule has 0 unspecified atom stereocenters. The van der Waals surface area contributed by atoms with E-state index in [9.17, 15) is 4.79 Å². The highest BCUT2D eigenvalue weighted by Gasteiger charge is 2.05. The highest BCUT2D eigenvalue weighted by molar-refractivity contribution is 9.09. The molecule has 1 aromatic heterocycles. The molecule has 2 rings (SSSR count). The van der Waals surface area contributed by atoms with Gasteiger partial charge < -0.3 is 4.57 Å². The van der Waals surface area contributed by atoms with E-state index in [-0.39, 0.29) is 5.56 Å². The summed E-state index contributed by atoms with van der Waals surface area (Å²) in [5.41, 5.74) is 1.36. The van der Waals surface area contributed by atoms with Crippen LogP contribution in [0.5, 0.6) is 0 Å². The summed E-state index contributed by atoms with van der Waals surface area (Å²) >= 11 is 3.49. The van der Waals surface area contributed by atoms with Gasteiger partial charge in [0.25, 0.3) is 5.56 Å². The zero-order valence-electron chi connectivity index (χ0n) is 11.4. The number of rotatable bonds is 7. The maximum atomic E-state index is 11.7. The Morgan fingerprint density at radius 2 is 1.75 bits per heavy atom.